The highest BCUT2D eigenvalue weighted by Gasteiger charge is 1.86. The molecule has 4 heteroatoms. The van der Waals surface area contributed by atoms with Crippen LogP contribution < -0.4 is 0 Å². The zero-order chi connectivity index (χ0) is 4.99. The molecule has 0 bridgehead atoms. The maximum Gasteiger partial charge on any atom is 0.404 e. The van der Waals surface area contributed by atoms with Gasteiger partial charge in [0.15, 0.2) is 0 Å². The Kier molecular flexibility index (Phi) is 3.97. The zero-order valence-corrected chi connectivity index (χ0v) is 5.69. The number of alkyl halides is 1. The molecule has 0 rings (SSSR count). The maximum absolute atomic E-state index is 9.58. The van der Waals surface area contributed by atoms with Crippen molar-refractivity contribution in [1.29, 1.82) is 0 Å². The monoisotopic (exact) mass is 220 g/mol. The Morgan fingerprint density at radius 3 is 2.50 bits per heavy atom. The summed E-state index contributed by atoms with van der Waals surface area (Å²) in [4.78, 5) is 9.58. The average molecular weight is 220 g/mol. The standard InChI is InChI=1S/C2H2ClIO2/c3-2(5)6-1-4/h1H2. The Morgan fingerprint density at radius 1 is 2.00 bits per heavy atom. The first-order valence-electron chi connectivity index (χ1n) is 1.15. The van der Waals surface area contributed by atoms with E-state index in [1.807, 2.05) is 22.6 Å². The average Bonchev–Trinajstić information content (AvgIpc) is 1.35. The van der Waals surface area contributed by atoms with Gasteiger partial charge in [-0.05, 0) is 22.6 Å². The van der Waals surface area contributed by atoms with Crippen LogP contribution in [0.2, 0.25) is 0 Å². The van der Waals surface area contributed by atoms with Gasteiger partial charge in [0.1, 0.15) is 4.61 Å². The third kappa shape index (κ3) is 4.49. The smallest absolute Gasteiger partial charge is 0.404 e. The number of hydrogen-bond acceptors (Lipinski definition) is 2. The SMILES string of the molecule is O=C(Cl)OCI. The van der Waals surface area contributed by atoms with Crippen LogP contribution in [0.1, 0.15) is 0 Å². The topological polar surface area (TPSA) is 26.3 Å². The summed E-state index contributed by atoms with van der Waals surface area (Å²) in [6.45, 7) is 0. The lowest BCUT2D eigenvalue weighted by Gasteiger charge is -1.85. The van der Waals surface area contributed by atoms with Crippen molar-refractivity contribution in [3.05, 3.63) is 0 Å². The van der Waals surface area contributed by atoms with E-state index < -0.39 is 5.43 Å². The van der Waals surface area contributed by atoms with Crippen molar-refractivity contribution >= 4 is 39.6 Å². The molecule has 0 aromatic carbocycles. The Labute approximate surface area is 53.9 Å². The number of hydrogen-bond donors (Lipinski definition) is 0. The lowest BCUT2D eigenvalue weighted by molar-refractivity contribution is 0.196. The van der Waals surface area contributed by atoms with Gasteiger partial charge in [-0.15, -0.1) is 0 Å². The van der Waals surface area contributed by atoms with Crippen LogP contribution in [0.25, 0.3) is 0 Å². The van der Waals surface area contributed by atoms with Gasteiger partial charge in [0.25, 0.3) is 0 Å². The van der Waals surface area contributed by atoms with Gasteiger partial charge in [-0.3, -0.25) is 0 Å². The first-order chi connectivity index (χ1) is 2.77. The van der Waals surface area contributed by atoms with Crippen LogP contribution in [0.4, 0.5) is 4.79 Å². The minimum atomic E-state index is -0.746. The van der Waals surface area contributed by atoms with Gasteiger partial charge >= 0.3 is 5.43 Å². The summed E-state index contributed by atoms with van der Waals surface area (Å²) in [7, 11) is 0. The predicted molar refractivity (Wildman–Crippen MR) is 31.2 cm³/mol. The summed E-state index contributed by atoms with van der Waals surface area (Å²) in [6.07, 6.45) is 0. The summed E-state index contributed by atoms with van der Waals surface area (Å²) in [5.41, 5.74) is -0.746. The van der Waals surface area contributed by atoms with Gasteiger partial charge in [0.05, 0.1) is 0 Å². The molecule has 0 unspecified atom stereocenters. The van der Waals surface area contributed by atoms with Crippen molar-refractivity contribution in [2.24, 2.45) is 0 Å². The van der Waals surface area contributed by atoms with E-state index in [9.17, 15) is 4.79 Å². The summed E-state index contributed by atoms with van der Waals surface area (Å²) in [6, 6.07) is 0. The summed E-state index contributed by atoms with van der Waals surface area (Å²) >= 11 is 6.59. The van der Waals surface area contributed by atoms with E-state index >= 15 is 0 Å². The van der Waals surface area contributed by atoms with E-state index in [4.69, 9.17) is 11.6 Å². The van der Waals surface area contributed by atoms with E-state index in [0.717, 1.165) is 0 Å². The molecule has 36 valence electrons. The largest absolute Gasteiger partial charge is 0.443 e. The van der Waals surface area contributed by atoms with E-state index in [0.29, 0.717) is 4.61 Å². The fraction of sp³-hybridized carbons (Fsp3) is 0.500. The highest BCUT2D eigenvalue weighted by atomic mass is 127. The molecule has 0 saturated heterocycles. The van der Waals surface area contributed by atoms with Gasteiger partial charge in [-0.2, -0.15) is 0 Å². The number of carbonyl (C=O) groups is 1. The molecule has 0 aromatic heterocycles. The van der Waals surface area contributed by atoms with Gasteiger partial charge in [0, 0.05) is 11.6 Å². The Bertz CT molecular complexity index is 55.5. The minimum Gasteiger partial charge on any atom is -0.443 e. The molecule has 0 amide bonds. The molecule has 0 saturated carbocycles. The molecule has 0 aliphatic carbocycles. The Hall–Kier alpha value is 0.490. The van der Waals surface area contributed by atoms with Gasteiger partial charge in [0.2, 0.25) is 0 Å². The molecular weight excluding hydrogens is 218 g/mol. The Morgan fingerprint density at radius 2 is 2.50 bits per heavy atom. The molecule has 0 radical (unpaired) electrons. The highest BCUT2D eigenvalue weighted by molar-refractivity contribution is 14.1. The van der Waals surface area contributed by atoms with Crippen LogP contribution in [0, 0.1) is 0 Å². The molecule has 0 aromatic rings. The molecule has 0 fully saturated rings. The lowest BCUT2D eigenvalue weighted by Crippen LogP contribution is -1.86. The number of ether oxygens (including phenoxy) is 1. The van der Waals surface area contributed by atoms with E-state index in [-0.39, 0.29) is 0 Å². The van der Waals surface area contributed by atoms with Crippen molar-refractivity contribution in [3.8, 4) is 0 Å². The second-order valence-corrected chi connectivity index (χ2v) is 1.42. The van der Waals surface area contributed by atoms with Gasteiger partial charge in [-0.25, -0.2) is 4.79 Å². The summed E-state index contributed by atoms with van der Waals surface area (Å²) < 4.78 is 4.47. The van der Waals surface area contributed by atoms with E-state index in [1.165, 1.54) is 0 Å². The lowest BCUT2D eigenvalue weighted by atomic mass is 11.5. The van der Waals surface area contributed by atoms with Crippen LogP contribution in [0.15, 0.2) is 0 Å². The summed E-state index contributed by atoms with van der Waals surface area (Å²) in [5.74, 6) is 0. The van der Waals surface area contributed by atoms with Gasteiger partial charge in [-0.1, -0.05) is 0 Å². The second-order valence-electron chi connectivity index (χ2n) is 0.491. The zero-order valence-electron chi connectivity index (χ0n) is 2.78. The normalized spacial score (nSPS) is 7.67. The fourth-order valence-corrected chi connectivity index (χ4v) is 0.564. The molecule has 0 N–H and O–H groups in total. The molecule has 0 heterocycles. The first kappa shape index (κ1) is 6.49. The van der Waals surface area contributed by atoms with Crippen molar-refractivity contribution < 1.29 is 9.53 Å². The molecule has 0 atom stereocenters. The van der Waals surface area contributed by atoms with Crippen LogP contribution in [-0.4, -0.2) is 10.0 Å². The molecule has 0 aliphatic heterocycles. The Balaban J connectivity index is 2.83. The third-order valence-corrected chi connectivity index (χ3v) is 0.589. The molecule has 0 aliphatic rings. The third-order valence-electron chi connectivity index (χ3n) is 0.168. The summed E-state index contributed by atoms with van der Waals surface area (Å²) in [5, 5.41) is 0. The van der Waals surface area contributed by atoms with E-state index in [1.54, 1.807) is 0 Å². The van der Waals surface area contributed by atoms with Crippen molar-refractivity contribution in [2.45, 2.75) is 0 Å². The van der Waals surface area contributed by atoms with Crippen LogP contribution >= 0.6 is 34.2 Å². The van der Waals surface area contributed by atoms with Crippen LogP contribution in [0.3, 0.4) is 0 Å². The van der Waals surface area contributed by atoms with Crippen LogP contribution in [0.5, 0.6) is 0 Å². The second kappa shape index (κ2) is 3.67. The van der Waals surface area contributed by atoms with Gasteiger partial charge < -0.3 is 4.74 Å². The molecule has 0 spiro atoms. The minimum absolute atomic E-state index is 0.320. The number of carbonyl (C=O) groups excluding carboxylic acids is 1. The van der Waals surface area contributed by atoms with Crippen LogP contribution in [-0.2, 0) is 4.74 Å². The van der Waals surface area contributed by atoms with Crippen molar-refractivity contribution in [3.63, 3.8) is 0 Å². The number of halogens is 2. The molecule has 6 heavy (non-hydrogen) atoms. The highest BCUT2D eigenvalue weighted by Crippen LogP contribution is 1.89. The maximum atomic E-state index is 9.58. The first-order valence-corrected chi connectivity index (χ1v) is 3.06. The van der Waals surface area contributed by atoms with Crippen molar-refractivity contribution in [2.75, 3.05) is 4.61 Å². The molecule has 2 nitrogen and oxygen atoms in total. The predicted octanol–water partition coefficient (Wildman–Crippen LogP) is 1.75. The quantitative estimate of drug-likeness (QED) is 0.382. The molecular formula is C2H2ClIO2. The van der Waals surface area contributed by atoms with E-state index in [2.05, 4.69) is 4.74 Å². The van der Waals surface area contributed by atoms with Crippen molar-refractivity contribution in [1.82, 2.24) is 0 Å². The fourth-order valence-electron chi connectivity index (χ4n) is 0.0429. The number of rotatable bonds is 1.